The summed E-state index contributed by atoms with van der Waals surface area (Å²) in [6.45, 7) is 2.39. The number of hydrazine groups is 1. The number of oxime groups is 1. The van der Waals surface area contributed by atoms with Crippen molar-refractivity contribution < 1.29 is 4.84 Å². The molecule has 98 valence electrons. The minimum absolute atomic E-state index is 0.298. The number of rotatable bonds is 3. The second kappa shape index (κ2) is 6.39. The number of nitrogens with two attached hydrogens (primary N) is 1. The van der Waals surface area contributed by atoms with Crippen molar-refractivity contribution in [3.05, 3.63) is 23.8 Å². The standard InChI is InChI=1S/C11H18N6O/c1-18-16-6-9-4-14-11(15-5-9)10-2-3-17(12)8-13-7-10/h4-6,10,13H,2-3,7-8,12H2,1H3. The van der Waals surface area contributed by atoms with E-state index < -0.39 is 0 Å². The number of hydrogen-bond donors (Lipinski definition) is 2. The third-order valence-corrected chi connectivity index (χ3v) is 2.83. The third-order valence-electron chi connectivity index (χ3n) is 2.83. The zero-order chi connectivity index (χ0) is 12.8. The summed E-state index contributed by atoms with van der Waals surface area (Å²) in [6.07, 6.45) is 6.03. The lowest BCUT2D eigenvalue weighted by Gasteiger charge is -2.12. The Morgan fingerprint density at radius 1 is 1.56 bits per heavy atom. The Bertz CT molecular complexity index is 393. The average Bonchev–Trinajstić information content (AvgIpc) is 2.62. The zero-order valence-corrected chi connectivity index (χ0v) is 10.4. The molecule has 0 aliphatic carbocycles. The van der Waals surface area contributed by atoms with E-state index in [2.05, 4.69) is 25.3 Å². The molecular weight excluding hydrogens is 232 g/mol. The van der Waals surface area contributed by atoms with Crippen LogP contribution in [0.2, 0.25) is 0 Å². The van der Waals surface area contributed by atoms with Gasteiger partial charge in [-0.05, 0) is 6.42 Å². The van der Waals surface area contributed by atoms with Gasteiger partial charge in [-0.25, -0.2) is 15.0 Å². The van der Waals surface area contributed by atoms with Crippen LogP contribution in [-0.4, -0.2) is 48.1 Å². The first-order chi connectivity index (χ1) is 8.79. The topological polar surface area (TPSA) is 88.7 Å². The maximum absolute atomic E-state index is 5.75. The molecule has 2 rings (SSSR count). The normalized spacial score (nSPS) is 22.0. The lowest BCUT2D eigenvalue weighted by atomic mass is 10.1. The molecule has 0 radical (unpaired) electrons. The summed E-state index contributed by atoms with van der Waals surface area (Å²) in [7, 11) is 1.50. The van der Waals surface area contributed by atoms with Crippen LogP contribution >= 0.6 is 0 Å². The van der Waals surface area contributed by atoms with Crippen molar-refractivity contribution in [1.29, 1.82) is 0 Å². The first-order valence-corrected chi connectivity index (χ1v) is 5.88. The maximum atomic E-state index is 5.75. The summed E-state index contributed by atoms with van der Waals surface area (Å²) in [5.41, 5.74) is 0.822. The summed E-state index contributed by atoms with van der Waals surface area (Å²) in [6, 6.07) is 0. The highest BCUT2D eigenvalue weighted by Gasteiger charge is 2.18. The first-order valence-electron chi connectivity index (χ1n) is 5.88. The fourth-order valence-electron chi connectivity index (χ4n) is 1.84. The highest BCUT2D eigenvalue weighted by Crippen LogP contribution is 2.16. The van der Waals surface area contributed by atoms with E-state index in [4.69, 9.17) is 5.84 Å². The van der Waals surface area contributed by atoms with Crippen LogP contribution in [0, 0.1) is 0 Å². The summed E-state index contributed by atoms with van der Waals surface area (Å²) < 4.78 is 0. The molecule has 1 saturated heterocycles. The van der Waals surface area contributed by atoms with E-state index in [0.29, 0.717) is 12.6 Å². The molecule has 7 heteroatoms. The Kier molecular flexibility index (Phi) is 4.57. The molecule has 1 aliphatic rings. The largest absolute Gasteiger partial charge is 0.399 e. The van der Waals surface area contributed by atoms with E-state index in [0.717, 1.165) is 30.9 Å². The molecule has 2 heterocycles. The molecule has 0 spiro atoms. The van der Waals surface area contributed by atoms with Gasteiger partial charge in [0.2, 0.25) is 0 Å². The Morgan fingerprint density at radius 2 is 2.33 bits per heavy atom. The van der Waals surface area contributed by atoms with E-state index in [1.165, 1.54) is 7.11 Å². The van der Waals surface area contributed by atoms with Crippen LogP contribution in [0.5, 0.6) is 0 Å². The molecule has 18 heavy (non-hydrogen) atoms. The molecule has 0 bridgehead atoms. The van der Waals surface area contributed by atoms with Gasteiger partial charge in [0, 0.05) is 37.0 Å². The lowest BCUT2D eigenvalue weighted by Crippen LogP contribution is -2.37. The number of nitrogens with one attached hydrogen (secondary N) is 1. The van der Waals surface area contributed by atoms with Crippen LogP contribution in [0.3, 0.4) is 0 Å². The Hall–Kier alpha value is -1.57. The van der Waals surface area contributed by atoms with Crippen LogP contribution in [0.4, 0.5) is 0 Å². The van der Waals surface area contributed by atoms with Gasteiger partial charge in [-0.2, -0.15) is 0 Å². The summed E-state index contributed by atoms with van der Waals surface area (Å²) in [5, 5.41) is 8.70. The molecule has 1 unspecified atom stereocenters. The molecule has 7 nitrogen and oxygen atoms in total. The summed E-state index contributed by atoms with van der Waals surface area (Å²) in [4.78, 5) is 13.3. The van der Waals surface area contributed by atoms with Gasteiger partial charge in [-0.3, -0.25) is 5.84 Å². The zero-order valence-electron chi connectivity index (χ0n) is 10.4. The van der Waals surface area contributed by atoms with Gasteiger partial charge in [0.25, 0.3) is 0 Å². The highest BCUT2D eigenvalue weighted by molar-refractivity contribution is 5.77. The molecule has 1 aliphatic heterocycles. The summed E-state index contributed by atoms with van der Waals surface area (Å²) in [5.74, 6) is 6.89. The Labute approximate surface area is 106 Å². The molecule has 1 aromatic rings. The SMILES string of the molecule is CON=Cc1cnc(C2CCN(N)CNC2)nc1. The van der Waals surface area contributed by atoms with Gasteiger partial charge < -0.3 is 10.2 Å². The Morgan fingerprint density at radius 3 is 3.06 bits per heavy atom. The number of aromatic nitrogens is 2. The fourth-order valence-corrected chi connectivity index (χ4v) is 1.84. The summed E-state index contributed by atoms with van der Waals surface area (Å²) >= 11 is 0. The van der Waals surface area contributed by atoms with Crippen LogP contribution in [0.25, 0.3) is 0 Å². The first kappa shape index (κ1) is 12.9. The monoisotopic (exact) mass is 250 g/mol. The van der Waals surface area contributed by atoms with E-state index in [1.54, 1.807) is 23.6 Å². The van der Waals surface area contributed by atoms with Crippen molar-refractivity contribution >= 4 is 6.21 Å². The molecule has 1 fully saturated rings. The van der Waals surface area contributed by atoms with Crippen molar-refractivity contribution in [3.8, 4) is 0 Å². The fraction of sp³-hybridized carbons (Fsp3) is 0.545. The predicted molar refractivity (Wildman–Crippen MR) is 67.8 cm³/mol. The average molecular weight is 250 g/mol. The predicted octanol–water partition coefficient (Wildman–Crippen LogP) is -0.333. The van der Waals surface area contributed by atoms with Crippen molar-refractivity contribution in [2.75, 3.05) is 26.9 Å². The second-order valence-corrected chi connectivity index (χ2v) is 4.20. The van der Waals surface area contributed by atoms with E-state index in [9.17, 15) is 0 Å². The van der Waals surface area contributed by atoms with E-state index in [1.807, 2.05) is 0 Å². The molecule has 0 aromatic carbocycles. The van der Waals surface area contributed by atoms with Crippen LogP contribution < -0.4 is 11.2 Å². The minimum Gasteiger partial charge on any atom is -0.399 e. The third kappa shape index (κ3) is 3.46. The lowest BCUT2D eigenvalue weighted by molar-refractivity contribution is 0.215. The molecule has 0 amide bonds. The highest BCUT2D eigenvalue weighted by atomic mass is 16.6. The maximum Gasteiger partial charge on any atom is 0.132 e. The van der Waals surface area contributed by atoms with Crippen molar-refractivity contribution in [2.24, 2.45) is 11.0 Å². The number of nitrogens with zero attached hydrogens (tertiary/aromatic N) is 4. The van der Waals surface area contributed by atoms with Gasteiger partial charge in [-0.15, -0.1) is 0 Å². The van der Waals surface area contributed by atoms with E-state index in [-0.39, 0.29) is 0 Å². The molecule has 1 atom stereocenters. The van der Waals surface area contributed by atoms with Gasteiger partial charge >= 0.3 is 0 Å². The minimum atomic E-state index is 0.298. The van der Waals surface area contributed by atoms with Gasteiger partial charge in [0.05, 0.1) is 12.9 Å². The quantitative estimate of drug-likeness (QED) is 0.434. The molecular formula is C11H18N6O. The Balaban J connectivity index is 2.02. The van der Waals surface area contributed by atoms with Crippen molar-refractivity contribution in [3.63, 3.8) is 0 Å². The van der Waals surface area contributed by atoms with E-state index >= 15 is 0 Å². The van der Waals surface area contributed by atoms with Crippen molar-refractivity contribution in [2.45, 2.75) is 12.3 Å². The molecule has 3 N–H and O–H groups in total. The van der Waals surface area contributed by atoms with Crippen LogP contribution in [-0.2, 0) is 4.84 Å². The number of hydrogen-bond acceptors (Lipinski definition) is 7. The van der Waals surface area contributed by atoms with Crippen LogP contribution in [0.1, 0.15) is 23.7 Å². The smallest absolute Gasteiger partial charge is 0.132 e. The molecule has 1 aromatic heterocycles. The van der Waals surface area contributed by atoms with Gasteiger partial charge in [-0.1, -0.05) is 5.16 Å². The van der Waals surface area contributed by atoms with Gasteiger partial charge in [0.1, 0.15) is 12.9 Å². The molecule has 0 saturated carbocycles. The van der Waals surface area contributed by atoms with Crippen LogP contribution in [0.15, 0.2) is 17.5 Å². The second-order valence-electron chi connectivity index (χ2n) is 4.20. The van der Waals surface area contributed by atoms with Crippen molar-refractivity contribution in [1.82, 2.24) is 20.3 Å². The van der Waals surface area contributed by atoms with Gasteiger partial charge in [0.15, 0.2) is 0 Å².